The number of aromatic nitrogens is 1. The van der Waals surface area contributed by atoms with Gasteiger partial charge in [0.05, 0.1) is 13.3 Å². The first kappa shape index (κ1) is 10.2. The van der Waals surface area contributed by atoms with Crippen LogP contribution in [0.1, 0.15) is 13.3 Å². The van der Waals surface area contributed by atoms with Crippen LogP contribution in [0.3, 0.4) is 0 Å². The summed E-state index contributed by atoms with van der Waals surface area (Å²) < 4.78 is 10.7. The van der Waals surface area contributed by atoms with Gasteiger partial charge < -0.3 is 14.8 Å². The summed E-state index contributed by atoms with van der Waals surface area (Å²) in [6, 6.07) is 4.16. The number of nitrogens with one attached hydrogen (secondary N) is 1. The molecule has 1 aliphatic rings. The third kappa shape index (κ3) is 2.39. The van der Waals surface area contributed by atoms with Crippen molar-refractivity contribution in [3.8, 4) is 11.6 Å². The maximum atomic E-state index is 5.74. The van der Waals surface area contributed by atoms with Gasteiger partial charge in [0.25, 0.3) is 0 Å². The lowest BCUT2D eigenvalue weighted by atomic mass is 10.0. The fraction of sp³-hybridized carbons (Fsp3) is 0.545. The van der Waals surface area contributed by atoms with Gasteiger partial charge in [0.2, 0.25) is 5.88 Å². The van der Waals surface area contributed by atoms with Gasteiger partial charge >= 0.3 is 0 Å². The standard InChI is InChI=1S/C11H16N2O2/c1-8(10-5-6-12-10)15-9-3-4-11(14-2)13-7-9/h3-4,7-8,10,12H,5-6H2,1-2H3/t8?,10-/m0/s1. The van der Waals surface area contributed by atoms with Crippen LogP contribution in [0.5, 0.6) is 11.6 Å². The van der Waals surface area contributed by atoms with E-state index in [1.165, 1.54) is 6.42 Å². The van der Waals surface area contributed by atoms with Gasteiger partial charge in [-0.25, -0.2) is 4.98 Å². The van der Waals surface area contributed by atoms with E-state index in [2.05, 4.69) is 17.2 Å². The molecule has 2 heterocycles. The highest BCUT2D eigenvalue weighted by Crippen LogP contribution is 2.18. The number of nitrogens with zero attached hydrogens (tertiary/aromatic N) is 1. The first-order valence-electron chi connectivity index (χ1n) is 5.19. The van der Waals surface area contributed by atoms with Crippen molar-refractivity contribution in [2.45, 2.75) is 25.5 Å². The topological polar surface area (TPSA) is 43.4 Å². The molecular weight excluding hydrogens is 192 g/mol. The van der Waals surface area contributed by atoms with E-state index in [1.807, 2.05) is 6.07 Å². The van der Waals surface area contributed by atoms with Crippen LogP contribution in [-0.4, -0.2) is 30.8 Å². The second-order valence-corrected chi connectivity index (χ2v) is 3.71. The Morgan fingerprint density at radius 3 is 2.80 bits per heavy atom. The zero-order valence-corrected chi connectivity index (χ0v) is 9.06. The van der Waals surface area contributed by atoms with Crippen LogP contribution in [0.25, 0.3) is 0 Å². The molecule has 1 N–H and O–H groups in total. The Morgan fingerprint density at radius 1 is 1.53 bits per heavy atom. The zero-order chi connectivity index (χ0) is 10.7. The van der Waals surface area contributed by atoms with Gasteiger partial charge in [0.1, 0.15) is 11.9 Å². The quantitative estimate of drug-likeness (QED) is 0.808. The first-order chi connectivity index (χ1) is 7.29. The lowest BCUT2D eigenvalue weighted by Crippen LogP contribution is -2.51. The molecule has 0 bridgehead atoms. The molecule has 1 aromatic rings. The van der Waals surface area contributed by atoms with E-state index in [4.69, 9.17) is 9.47 Å². The van der Waals surface area contributed by atoms with E-state index in [9.17, 15) is 0 Å². The largest absolute Gasteiger partial charge is 0.487 e. The summed E-state index contributed by atoms with van der Waals surface area (Å²) in [6.07, 6.45) is 3.06. The van der Waals surface area contributed by atoms with E-state index < -0.39 is 0 Å². The number of hydrogen-bond acceptors (Lipinski definition) is 4. The van der Waals surface area contributed by atoms with Gasteiger partial charge in [-0.15, -0.1) is 0 Å². The van der Waals surface area contributed by atoms with Crippen molar-refractivity contribution in [3.63, 3.8) is 0 Å². The number of rotatable bonds is 4. The van der Waals surface area contributed by atoms with Crippen molar-refractivity contribution < 1.29 is 9.47 Å². The highest BCUT2D eigenvalue weighted by molar-refractivity contribution is 5.23. The summed E-state index contributed by atoms with van der Waals surface area (Å²) in [5, 5.41) is 3.32. The monoisotopic (exact) mass is 208 g/mol. The van der Waals surface area contributed by atoms with Gasteiger partial charge in [-0.1, -0.05) is 0 Å². The summed E-state index contributed by atoms with van der Waals surface area (Å²) in [5.74, 6) is 1.40. The molecule has 4 heteroatoms. The molecule has 2 atom stereocenters. The summed E-state index contributed by atoms with van der Waals surface area (Å²) in [5.41, 5.74) is 0. The number of pyridine rings is 1. The Kier molecular flexibility index (Phi) is 3.06. The molecule has 1 saturated heterocycles. The van der Waals surface area contributed by atoms with Gasteiger partial charge in [0, 0.05) is 12.1 Å². The average Bonchev–Trinajstić information content (AvgIpc) is 2.16. The van der Waals surface area contributed by atoms with Gasteiger partial charge in [-0.3, -0.25) is 0 Å². The maximum Gasteiger partial charge on any atom is 0.213 e. The average molecular weight is 208 g/mol. The Morgan fingerprint density at radius 2 is 2.33 bits per heavy atom. The van der Waals surface area contributed by atoms with Gasteiger partial charge in [-0.2, -0.15) is 0 Å². The van der Waals surface area contributed by atoms with Crippen molar-refractivity contribution >= 4 is 0 Å². The summed E-state index contributed by atoms with van der Waals surface area (Å²) in [7, 11) is 1.60. The minimum absolute atomic E-state index is 0.189. The fourth-order valence-corrected chi connectivity index (χ4v) is 1.57. The van der Waals surface area contributed by atoms with Crippen LogP contribution in [0.2, 0.25) is 0 Å². The normalized spacial score (nSPS) is 21.6. The molecule has 0 radical (unpaired) electrons. The molecule has 1 aliphatic heterocycles. The molecule has 1 fully saturated rings. The lowest BCUT2D eigenvalue weighted by molar-refractivity contribution is 0.133. The second kappa shape index (κ2) is 4.49. The predicted molar refractivity (Wildman–Crippen MR) is 57.3 cm³/mol. The van der Waals surface area contributed by atoms with Crippen LogP contribution in [0, 0.1) is 0 Å². The van der Waals surface area contributed by atoms with Crippen LogP contribution < -0.4 is 14.8 Å². The predicted octanol–water partition coefficient (Wildman–Crippen LogP) is 1.22. The third-order valence-corrected chi connectivity index (χ3v) is 2.67. The van der Waals surface area contributed by atoms with Crippen LogP contribution in [-0.2, 0) is 0 Å². The smallest absolute Gasteiger partial charge is 0.213 e. The third-order valence-electron chi connectivity index (χ3n) is 2.67. The van der Waals surface area contributed by atoms with Crippen LogP contribution in [0.15, 0.2) is 18.3 Å². The molecule has 0 amide bonds. The summed E-state index contributed by atoms with van der Waals surface area (Å²) in [6.45, 7) is 3.17. The van der Waals surface area contributed by atoms with E-state index >= 15 is 0 Å². The van der Waals surface area contributed by atoms with Crippen molar-refractivity contribution in [1.82, 2.24) is 10.3 Å². The molecule has 1 unspecified atom stereocenters. The molecule has 0 spiro atoms. The highest BCUT2D eigenvalue weighted by Gasteiger charge is 2.24. The van der Waals surface area contributed by atoms with E-state index in [1.54, 1.807) is 19.4 Å². The van der Waals surface area contributed by atoms with Gasteiger partial charge in [-0.05, 0) is 26.0 Å². The van der Waals surface area contributed by atoms with Crippen molar-refractivity contribution in [2.24, 2.45) is 0 Å². The van der Waals surface area contributed by atoms with Crippen LogP contribution >= 0.6 is 0 Å². The van der Waals surface area contributed by atoms with E-state index in [0.717, 1.165) is 12.3 Å². The molecular formula is C11H16N2O2. The molecule has 0 aromatic carbocycles. The SMILES string of the molecule is COc1ccc(OC(C)[C@@H]2CCN2)cn1. The lowest BCUT2D eigenvalue weighted by Gasteiger charge is -2.33. The Bertz CT molecular complexity index is 309. The van der Waals surface area contributed by atoms with Crippen LogP contribution in [0.4, 0.5) is 0 Å². The Labute approximate surface area is 89.6 Å². The van der Waals surface area contributed by atoms with E-state index in [0.29, 0.717) is 11.9 Å². The summed E-state index contributed by atoms with van der Waals surface area (Å²) in [4.78, 5) is 4.09. The summed E-state index contributed by atoms with van der Waals surface area (Å²) >= 11 is 0. The molecule has 0 aliphatic carbocycles. The minimum atomic E-state index is 0.189. The molecule has 82 valence electrons. The minimum Gasteiger partial charge on any atom is -0.487 e. The Balaban J connectivity index is 1.91. The molecule has 15 heavy (non-hydrogen) atoms. The molecule has 4 nitrogen and oxygen atoms in total. The number of methoxy groups -OCH3 is 1. The number of ether oxygens (including phenoxy) is 2. The van der Waals surface area contributed by atoms with Gasteiger partial charge in [0.15, 0.2) is 0 Å². The highest BCUT2D eigenvalue weighted by atomic mass is 16.5. The Hall–Kier alpha value is -1.29. The zero-order valence-electron chi connectivity index (χ0n) is 9.06. The fourth-order valence-electron chi connectivity index (χ4n) is 1.57. The van der Waals surface area contributed by atoms with Crippen molar-refractivity contribution in [3.05, 3.63) is 18.3 Å². The van der Waals surface area contributed by atoms with E-state index in [-0.39, 0.29) is 6.10 Å². The maximum absolute atomic E-state index is 5.74. The molecule has 1 aromatic heterocycles. The molecule has 2 rings (SSSR count). The van der Waals surface area contributed by atoms with Crippen molar-refractivity contribution in [1.29, 1.82) is 0 Å². The molecule has 0 saturated carbocycles. The first-order valence-corrected chi connectivity index (χ1v) is 5.19. The number of hydrogen-bond donors (Lipinski definition) is 1. The second-order valence-electron chi connectivity index (χ2n) is 3.71. The van der Waals surface area contributed by atoms with Crippen molar-refractivity contribution in [2.75, 3.05) is 13.7 Å².